The van der Waals surface area contributed by atoms with Crippen LogP contribution in [0.2, 0.25) is 0 Å². The third-order valence-corrected chi connectivity index (χ3v) is 4.55. The van der Waals surface area contributed by atoms with Crippen LogP contribution in [0.3, 0.4) is 0 Å². The first-order valence-electron chi connectivity index (χ1n) is 7.47. The summed E-state index contributed by atoms with van der Waals surface area (Å²) in [7, 11) is 0. The Kier molecular flexibility index (Phi) is 4.73. The molecule has 8 heteroatoms. The highest BCUT2D eigenvalue weighted by atomic mass is 32.1. The van der Waals surface area contributed by atoms with Crippen molar-refractivity contribution in [2.45, 2.75) is 19.9 Å². The van der Waals surface area contributed by atoms with E-state index >= 15 is 0 Å². The van der Waals surface area contributed by atoms with Crippen LogP contribution in [0, 0.1) is 0 Å². The second kappa shape index (κ2) is 6.93. The predicted molar refractivity (Wildman–Crippen MR) is 86.4 cm³/mol. The minimum atomic E-state index is -0.232. The van der Waals surface area contributed by atoms with Crippen LogP contribution in [0.1, 0.15) is 27.9 Å². The Morgan fingerprint density at radius 1 is 1.48 bits per heavy atom. The SMILES string of the molecule is CCNC(=O)CN1CCc2nc(NC(=O)c3ccoc3)sc2C1. The first-order chi connectivity index (χ1) is 11.2. The van der Waals surface area contributed by atoms with Gasteiger partial charge in [0.1, 0.15) is 6.26 Å². The number of carbonyl (C=O) groups is 2. The van der Waals surface area contributed by atoms with Crippen molar-refractivity contribution in [1.82, 2.24) is 15.2 Å². The van der Waals surface area contributed by atoms with Crippen LogP contribution in [0.4, 0.5) is 5.13 Å². The van der Waals surface area contributed by atoms with Crippen LogP contribution in [-0.4, -0.2) is 41.3 Å². The number of rotatable bonds is 5. The molecular weight excluding hydrogens is 316 g/mol. The Morgan fingerprint density at radius 3 is 3.09 bits per heavy atom. The standard InChI is InChI=1S/C15H18N4O3S/c1-2-16-13(20)8-19-5-3-11-12(7-19)23-15(17-11)18-14(21)10-4-6-22-9-10/h4,6,9H,2-3,5,7-8H2,1H3,(H,16,20)(H,17,18,21). The number of likely N-dealkylation sites (N-methyl/N-ethyl adjacent to an activating group) is 1. The number of carbonyl (C=O) groups excluding carboxylic acids is 2. The average molecular weight is 334 g/mol. The molecule has 0 spiro atoms. The second-order valence-electron chi connectivity index (χ2n) is 5.27. The van der Waals surface area contributed by atoms with E-state index in [-0.39, 0.29) is 11.8 Å². The van der Waals surface area contributed by atoms with Crippen molar-refractivity contribution < 1.29 is 14.0 Å². The molecule has 23 heavy (non-hydrogen) atoms. The molecule has 0 fully saturated rings. The predicted octanol–water partition coefficient (Wildman–Crippen LogP) is 1.48. The van der Waals surface area contributed by atoms with Crippen molar-refractivity contribution in [3.63, 3.8) is 0 Å². The third-order valence-electron chi connectivity index (χ3n) is 3.56. The molecule has 1 aliphatic rings. The van der Waals surface area contributed by atoms with Gasteiger partial charge >= 0.3 is 0 Å². The fourth-order valence-corrected chi connectivity index (χ4v) is 3.50. The maximum absolute atomic E-state index is 12.0. The van der Waals surface area contributed by atoms with Crippen molar-refractivity contribution in [1.29, 1.82) is 0 Å². The molecule has 0 radical (unpaired) electrons. The van der Waals surface area contributed by atoms with Crippen LogP contribution < -0.4 is 10.6 Å². The molecule has 0 atom stereocenters. The Labute approximate surface area is 137 Å². The van der Waals surface area contributed by atoms with Crippen LogP contribution >= 0.6 is 11.3 Å². The average Bonchev–Trinajstić information content (AvgIpc) is 3.15. The Bertz CT molecular complexity index is 696. The van der Waals surface area contributed by atoms with Gasteiger partial charge in [0.15, 0.2) is 5.13 Å². The first kappa shape index (κ1) is 15.7. The summed E-state index contributed by atoms with van der Waals surface area (Å²) < 4.78 is 4.90. The maximum Gasteiger partial charge on any atom is 0.260 e. The smallest absolute Gasteiger partial charge is 0.260 e. The van der Waals surface area contributed by atoms with E-state index in [1.54, 1.807) is 6.07 Å². The Morgan fingerprint density at radius 2 is 2.35 bits per heavy atom. The van der Waals surface area contributed by atoms with Gasteiger partial charge in [-0.1, -0.05) is 0 Å². The summed E-state index contributed by atoms with van der Waals surface area (Å²) in [4.78, 5) is 31.3. The summed E-state index contributed by atoms with van der Waals surface area (Å²) in [6.45, 7) is 4.42. The largest absolute Gasteiger partial charge is 0.472 e. The van der Waals surface area contributed by atoms with Gasteiger partial charge < -0.3 is 9.73 Å². The molecular formula is C15H18N4O3S. The number of nitrogens with one attached hydrogen (secondary N) is 2. The summed E-state index contributed by atoms with van der Waals surface area (Å²) in [5, 5.41) is 6.18. The lowest BCUT2D eigenvalue weighted by Crippen LogP contribution is -2.39. The maximum atomic E-state index is 12.0. The van der Waals surface area contributed by atoms with E-state index in [1.165, 1.54) is 23.9 Å². The third kappa shape index (κ3) is 3.77. The van der Waals surface area contributed by atoms with Gasteiger partial charge in [0.05, 0.1) is 24.1 Å². The summed E-state index contributed by atoms with van der Waals surface area (Å²) in [6, 6.07) is 1.61. The number of fused-ring (bicyclic) bond motifs is 1. The molecule has 0 bridgehead atoms. The van der Waals surface area contributed by atoms with Crippen molar-refractivity contribution in [2.75, 3.05) is 25.0 Å². The van der Waals surface area contributed by atoms with Gasteiger partial charge in [0.25, 0.3) is 5.91 Å². The van der Waals surface area contributed by atoms with E-state index < -0.39 is 0 Å². The number of hydrogen-bond acceptors (Lipinski definition) is 6. The zero-order valence-electron chi connectivity index (χ0n) is 12.8. The van der Waals surface area contributed by atoms with Crippen molar-refractivity contribution in [2.24, 2.45) is 0 Å². The van der Waals surface area contributed by atoms with E-state index in [2.05, 4.69) is 20.5 Å². The van der Waals surface area contributed by atoms with Crippen LogP contribution in [0.25, 0.3) is 0 Å². The van der Waals surface area contributed by atoms with Crippen molar-refractivity contribution >= 4 is 28.3 Å². The van der Waals surface area contributed by atoms with Gasteiger partial charge in [0, 0.05) is 30.9 Å². The van der Waals surface area contributed by atoms with E-state index in [1.807, 2.05) is 6.92 Å². The number of hydrogen-bond donors (Lipinski definition) is 2. The van der Waals surface area contributed by atoms with Gasteiger partial charge in [-0.25, -0.2) is 4.98 Å². The summed E-state index contributed by atoms with van der Waals surface area (Å²) in [5.74, 6) is -0.196. The molecule has 2 N–H and O–H groups in total. The molecule has 2 aromatic heterocycles. The van der Waals surface area contributed by atoms with E-state index in [9.17, 15) is 9.59 Å². The molecule has 3 heterocycles. The topological polar surface area (TPSA) is 87.5 Å². The normalized spacial score (nSPS) is 14.3. The summed E-state index contributed by atoms with van der Waals surface area (Å²) in [6.07, 6.45) is 3.64. The Hall–Kier alpha value is -2.19. The van der Waals surface area contributed by atoms with Crippen LogP contribution in [0.5, 0.6) is 0 Å². The molecule has 2 amide bonds. The lowest BCUT2D eigenvalue weighted by Gasteiger charge is -2.24. The number of furan rings is 1. The van der Waals surface area contributed by atoms with Crippen molar-refractivity contribution in [3.05, 3.63) is 34.7 Å². The van der Waals surface area contributed by atoms with Crippen molar-refractivity contribution in [3.8, 4) is 0 Å². The molecule has 122 valence electrons. The molecule has 7 nitrogen and oxygen atoms in total. The lowest BCUT2D eigenvalue weighted by molar-refractivity contribution is -0.122. The molecule has 0 saturated heterocycles. The quantitative estimate of drug-likeness (QED) is 0.865. The molecule has 3 rings (SSSR count). The van der Waals surface area contributed by atoms with E-state index in [0.717, 1.165) is 23.5 Å². The van der Waals surface area contributed by atoms with Crippen LogP contribution in [0.15, 0.2) is 23.0 Å². The summed E-state index contributed by atoms with van der Waals surface area (Å²) in [5.41, 5.74) is 1.47. The fourth-order valence-electron chi connectivity index (χ4n) is 2.46. The fraction of sp³-hybridized carbons (Fsp3) is 0.400. The van der Waals surface area contributed by atoms with Gasteiger partial charge in [-0.15, -0.1) is 11.3 Å². The molecule has 0 saturated carbocycles. The second-order valence-corrected chi connectivity index (χ2v) is 6.35. The van der Waals surface area contributed by atoms with Gasteiger partial charge in [-0.2, -0.15) is 0 Å². The van der Waals surface area contributed by atoms with Gasteiger partial charge in [0.2, 0.25) is 5.91 Å². The van der Waals surface area contributed by atoms with Gasteiger partial charge in [-0.05, 0) is 13.0 Å². The van der Waals surface area contributed by atoms with Crippen LogP contribution in [-0.2, 0) is 17.8 Å². The monoisotopic (exact) mass is 334 g/mol. The molecule has 0 unspecified atom stereocenters. The molecule has 1 aliphatic heterocycles. The number of amides is 2. The number of nitrogens with zero attached hydrogens (tertiary/aromatic N) is 2. The highest BCUT2D eigenvalue weighted by molar-refractivity contribution is 7.15. The highest BCUT2D eigenvalue weighted by Crippen LogP contribution is 2.28. The highest BCUT2D eigenvalue weighted by Gasteiger charge is 2.22. The van der Waals surface area contributed by atoms with E-state index in [0.29, 0.717) is 30.3 Å². The summed E-state index contributed by atoms with van der Waals surface area (Å²) >= 11 is 1.46. The number of aromatic nitrogens is 1. The number of thiazole rings is 1. The molecule has 0 aromatic carbocycles. The Balaban J connectivity index is 1.62. The van der Waals surface area contributed by atoms with E-state index in [4.69, 9.17) is 4.42 Å². The zero-order chi connectivity index (χ0) is 16.2. The minimum absolute atomic E-state index is 0.0361. The zero-order valence-corrected chi connectivity index (χ0v) is 13.6. The first-order valence-corrected chi connectivity index (χ1v) is 8.28. The lowest BCUT2D eigenvalue weighted by atomic mass is 10.2. The minimum Gasteiger partial charge on any atom is -0.472 e. The molecule has 0 aliphatic carbocycles. The van der Waals surface area contributed by atoms with Gasteiger partial charge in [-0.3, -0.25) is 19.8 Å². The number of anilines is 1. The molecule has 2 aromatic rings.